The van der Waals surface area contributed by atoms with E-state index in [9.17, 15) is 9.59 Å². The van der Waals surface area contributed by atoms with Crippen molar-refractivity contribution in [2.24, 2.45) is 0 Å². The van der Waals surface area contributed by atoms with Gasteiger partial charge in [-0.2, -0.15) is 0 Å². The standard InChI is InChI=1S/C19H26N4O3/c1-14-12-15(2-3-16(14)22-8-10-26-11-9-22)19(25)23-7-6-21-5-4-20-18(24)17(21)13-23/h2-3,12,17H,4-11,13H2,1H3,(H,20,24)/t17-/m1/s1. The van der Waals surface area contributed by atoms with Gasteiger partial charge < -0.3 is 19.9 Å². The zero-order chi connectivity index (χ0) is 18.1. The molecule has 0 aromatic heterocycles. The number of hydrogen-bond acceptors (Lipinski definition) is 5. The molecule has 1 N–H and O–H groups in total. The van der Waals surface area contributed by atoms with Crippen LogP contribution >= 0.6 is 0 Å². The van der Waals surface area contributed by atoms with Crippen LogP contribution in [-0.2, 0) is 9.53 Å². The summed E-state index contributed by atoms with van der Waals surface area (Å²) in [6, 6.07) is 5.71. The quantitative estimate of drug-likeness (QED) is 0.812. The molecule has 0 radical (unpaired) electrons. The molecule has 2 amide bonds. The monoisotopic (exact) mass is 358 g/mol. The van der Waals surface area contributed by atoms with Gasteiger partial charge in [-0.25, -0.2) is 0 Å². The second kappa shape index (κ2) is 7.25. The van der Waals surface area contributed by atoms with Crippen LogP contribution in [0.4, 0.5) is 5.69 Å². The van der Waals surface area contributed by atoms with Gasteiger partial charge in [0.2, 0.25) is 5.91 Å². The number of benzene rings is 1. The lowest BCUT2D eigenvalue weighted by molar-refractivity contribution is -0.131. The van der Waals surface area contributed by atoms with E-state index in [1.807, 2.05) is 30.0 Å². The predicted octanol–water partition coefficient (Wildman–Crippen LogP) is 0.0878. The summed E-state index contributed by atoms with van der Waals surface area (Å²) in [7, 11) is 0. The van der Waals surface area contributed by atoms with E-state index in [-0.39, 0.29) is 17.9 Å². The number of anilines is 1. The molecule has 26 heavy (non-hydrogen) atoms. The molecule has 140 valence electrons. The van der Waals surface area contributed by atoms with Gasteiger partial charge in [-0.1, -0.05) is 0 Å². The average molecular weight is 358 g/mol. The molecule has 0 saturated carbocycles. The number of piperazine rings is 2. The molecule has 3 fully saturated rings. The van der Waals surface area contributed by atoms with Crippen LogP contribution in [0.25, 0.3) is 0 Å². The van der Waals surface area contributed by atoms with Crippen LogP contribution in [-0.4, -0.2) is 86.7 Å². The Labute approximate surface area is 153 Å². The second-order valence-electron chi connectivity index (χ2n) is 7.19. The minimum atomic E-state index is -0.213. The van der Waals surface area contributed by atoms with Gasteiger partial charge in [0.05, 0.1) is 13.2 Å². The van der Waals surface area contributed by atoms with Crippen molar-refractivity contribution in [3.05, 3.63) is 29.3 Å². The minimum absolute atomic E-state index is 0.0136. The van der Waals surface area contributed by atoms with E-state index in [0.717, 1.165) is 45.0 Å². The van der Waals surface area contributed by atoms with E-state index in [1.54, 1.807) is 0 Å². The van der Waals surface area contributed by atoms with Crippen molar-refractivity contribution in [1.82, 2.24) is 15.1 Å². The zero-order valence-electron chi connectivity index (χ0n) is 15.2. The number of hydrogen-bond donors (Lipinski definition) is 1. The van der Waals surface area contributed by atoms with Crippen LogP contribution in [0.2, 0.25) is 0 Å². The average Bonchev–Trinajstić information content (AvgIpc) is 2.68. The first-order valence-corrected chi connectivity index (χ1v) is 9.38. The number of amides is 2. The molecule has 0 bridgehead atoms. The molecular formula is C19H26N4O3. The smallest absolute Gasteiger partial charge is 0.253 e. The van der Waals surface area contributed by atoms with E-state index in [0.29, 0.717) is 25.2 Å². The molecule has 1 aromatic carbocycles. The third kappa shape index (κ3) is 3.29. The van der Waals surface area contributed by atoms with E-state index in [2.05, 4.69) is 15.1 Å². The Hall–Kier alpha value is -2.12. The Balaban J connectivity index is 1.47. The van der Waals surface area contributed by atoms with Crippen molar-refractivity contribution in [3.63, 3.8) is 0 Å². The molecular weight excluding hydrogens is 332 g/mol. The van der Waals surface area contributed by atoms with Crippen molar-refractivity contribution in [2.45, 2.75) is 13.0 Å². The number of nitrogens with zero attached hydrogens (tertiary/aromatic N) is 3. The number of fused-ring (bicyclic) bond motifs is 1. The highest BCUT2D eigenvalue weighted by atomic mass is 16.5. The topological polar surface area (TPSA) is 65.1 Å². The lowest BCUT2D eigenvalue weighted by Crippen LogP contribution is -2.64. The molecule has 1 atom stereocenters. The summed E-state index contributed by atoms with van der Waals surface area (Å²) in [5.41, 5.74) is 2.97. The Morgan fingerprint density at radius 3 is 2.73 bits per heavy atom. The molecule has 7 nitrogen and oxygen atoms in total. The summed E-state index contributed by atoms with van der Waals surface area (Å²) in [5.74, 6) is 0.0484. The van der Waals surface area contributed by atoms with Crippen molar-refractivity contribution >= 4 is 17.5 Å². The van der Waals surface area contributed by atoms with E-state index >= 15 is 0 Å². The van der Waals surface area contributed by atoms with Crippen molar-refractivity contribution in [3.8, 4) is 0 Å². The molecule has 0 spiro atoms. The first-order chi connectivity index (χ1) is 12.6. The molecule has 0 aliphatic carbocycles. The Bertz CT molecular complexity index is 702. The number of morpholine rings is 1. The minimum Gasteiger partial charge on any atom is -0.378 e. The Morgan fingerprint density at radius 2 is 1.96 bits per heavy atom. The summed E-state index contributed by atoms with van der Waals surface area (Å²) < 4.78 is 5.42. The fourth-order valence-electron chi connectivity index (χ4n) is 4.09. The highest BCUT2D eigenvalue weighted by Gasteiger charge is 2.36. The lowest BCUT2D eigenvalue weighted by atomic mass is 10.0. The number of carbonyl (C=O) groups is 2. The van der Waals surface area contributed by atoms with Gasteiger partial charge in [0.25, 0.3) is 5.91 Å². The van der Waals surface area contributed by atoms with Crippen molar-refractivity contribution in [2.75, 3.05) is 63.9 Å². The second-order valence-corrected chi connectivity index (χ2v) is 7.19. The van der Waals surface area contributed by atoms with Crippen molar-refractivity contribution < 1.29 is 14.3 Å². The fraction of sp³-hybridized carbons (Fsp3) is 0.579. The van der Waals surface area contributed by atoms with Gasteiger partial charge in [-0.3, -0.25) is 14.5 Å². The van der Waals surface area contributed by atoms with Crippen LogP contribution in [0.5, 0.6) is 0 Å². The summed E-state index contributed by atoms with van der Waals surface area (Å²) >= 11 is 0. The number of nitrogens with one attached hydrogen (secondary N) is 1. The summed E-state index contributed by atoms with van der Waals surface area (Å²) in [6.07, 6.45) is 0. The Kier molecular flexibility index (Phi) is 4.82. The molecule has 3 aliphatic heterocycles. The molecule has 1 aromatic rings. The molecule has 3 aliphatic rings. The molecule has 0 unspecified atom stereocenters. The van der Waals surface area contributed by atoms with E-state index in [4.69, 9.17) is 4.74 Å². The molecule has 3 saturated heterocycles. The highest BCUT2D eigenvalue weighted by Crippen LogP contribution is 2.24. The van der Waals surface area contributed by atoms with Gasteiger partial charge in [0, 0.05) is 57.1 Å². The lowest BCUT2D eigenvalue weighted by Gasteiger charge is -2.43. The van der Waals surface area contributed by atoms with E-state index < -0.39 is 0 Å². The summed E-state index contributed by atoms with van der Waals surface area (Å²) in [4.78, 5) is 31.4. The van der Waals surface area contributed by atoms with Crippen LogP contribution in [0.15, 0.2) is 18.2 Å². The summed E-state index contributed by atoms with van der Waals surface area (Å²) in [5, 5.41) is 2.90. The van der Waals surface area contributed by atoms with Crippen LogP contribution in [0, 0.1) is 6.92 Å². The van der Waals surface area contributed by atoms with Crippen molar-refractivity contribution in [1.29, 1.82) is 0 Å². The number of aryl methyl sites for hydroxylation is 1. The third-order valence-electron chi connectivity index (χ3n) is 5.57. The molecule has 3 heterocycles. The van der Waals surface area contributed by atoms with E-state index in [1.165, 1.54) is 5.69 Å². The molecule has 7 heteroatoms. The SMILES string of the molecule is Cc1cc(C(=O)N2CCN3CCNC(=O)[C@H]3C2)ccc1N1CCOCC1. The molecule has 4 rings (SSSR count). The predicted molar refractivity (Wildman–Crippen MR) is 98.5 cm³/mol. The summed E-state index contributed by atoms with van der Waals surface area (Å²) in [6.45, 7) is 8.77. The zero-order valence-corrected chi connectivity index (χ0v) is 15.2. The van der Waals surface area contributed by atoms with Gasteiger partial charge in [-0.15, -0.1) is 0 Å². The number of rotatable bonds is 2. The first-order valence-electron chi connectivity index (χ1n) is 9.38. The van der Waals surface area contributed by atoms with Gasteiger partial charge >= 0.3 is 0 Å². The fourth-order valence-corrected chi connectivity index (χ4v) is 4.09. The largest absolute Gasteiger partial charge is 0.378 e. The maximum absolute atomic E-state index is 13.0. The maximum Gasteiger partial charge on any atom is 0.253 e. The normalized spacial score (nSPS) is 24.2. The van der Waals surface area contributed by atoms with Crippen LogP contribution in [0.1, 0.15) is 15.9 Å². The van der Waals surface area contributed by atoms with Gasteiger partial charge in [0.1, 0.15) is 6.04 Å². The van der Waals surface area contributed by atoms with Gasteiger partial charge in [-0.05, 0) is 30.7 Å². The maximum atomic E-state index is 13.0. The first kappa shape index (κ1) is 17.3. The number of ether oxygens (including phenoxy) is 1. The number of carbonyl (C=O) groups excluding carboxylic acids is 2. The third-order valence-corrected chi connectivity index (χ3v) is 5.57. The van der Waals surface area contributed by atoms with Crippen LogP contribution in [0.3, 0.4) is 0 Å². The highest BCUT2D eigenvalue weighted by molar-refractivity contribution is 5.95. The van der Waals surface area contributed by atoms with Gasteiger partial charge in [0.15, 0.2) is 0 Å². The van der Waals surface area contributed by atoms with Crippen LogP contribution < -0.4 is 10.2 Å². The Morgan fingerprint density at radius 1 is 1.15 bits per heavy atom.